The van der Waals surface area contributed by atoms with Crippen LogP contribution >= 0.6 is 0 Å². The Balaban J connectivity index is 1.62. The Morgan fingerprint density at radius 1 is 1.28 bits per heavy atom. The quantitative estimate of drug-likeness (QED) is 0.845. The van der Waals surface area contributed by atoms with E-state index in [2.05, 4.69) is 25.4 Å². The predicted molar refractivity (Wildman–Crippen MR) is 67.4 cm³/mol. The smallest absolute Gasteiger partial charge is 0.203 e. The lowest BCUT2D eigenvalue weighted by Crippen LogP contribution is -2.34. The number of rotatable bonds is 2. The molecule has 0 amide bonds. The van der Waals surface area contributed by atoms with Gasteiger partial charge in [0.2, 0.25) is 5.65 Å². The number of hydrogen-bond acceptors (Lipinski definition) is 5. The summed E-state index contributed by atoms with van der Waals surface area (Å²) in [4.78, 5) is 6.99. The van der Waals surface area contributed by atoms with Crippen molar-refractivity contribution in [1.29, 1.82) is 0 Å². The van der Waals surface area contributed by atoms with E-state index < -0.39 is 0 Å². The van der Waals surface area contributed by atoms with Gasteiger partial charge in [-0.15, -0.1) is 10.2 Å². The lowest BCUT2D eigenvalue weighted by atomic mass is 10.1. The molecule has 2 saturated heterocycles. The van der Waals surface area contributed by atoms with Crippen molar-refractivity contribution in [3.05, 3.63) is 18.7 Å². The van der Waals surface area contributed by atoms with Gasteiger partial charge in [0.05, 0.1) is 0 Å². The second-order valence-corrected chi connectivity index (χ2v) is 5.12. The molecule has 0 aliphatic carbocycles. The van der Waals surface area contributed by atoms with Gasteiger partial charge in [-0.05, 0) is 25.8 Å². The zero-order valence-electron chi connectivity index (χ0n) is 10.2. The topological polar surface area (TPSA) is 58.4 Å². The van der Waals surface area contributed by atoms with Crippen molar-refractivity contribution in [1.82, 2.24) is 24.5 Å². The van der Waals surface area contributed by atoms with Crippen molar-refractivity contribution in [2.45, 2.75) is 31.3 Å². The summed E-state index contributed by atoms with van der Waals surface area (Å²) in [6.07, 6.45) is 9.19. The van der Waals surface area contributed by atoms with Gasteiger partial charge in [0.25, 0.3) is 0 Å². The summed E-state index contributed by atoms with van der Waals surface area (Å²) in [6, 6.07) is 1.18. The molecule has 2 fully saturated rings. The van der Waals surface area contributed by atoms with E-state index in [1.165, 1.54) is 32.4 Å². The largest absolute Gasteiger partial charge is 0.363 e. The molecule has 1 N–H and O–H groups in total. The average molecular weight is 244 g/mol. The maximum Gasteiger partial charge on any atom is 0.203 e. The lowest BCUT2D eigenvalue weighted by Gasteiger charge is -2.21. The molecule has 0 aromatic carbocycles. The van der Waals surface area contributed by atoms with Crippen LogP contribution in [0.25, 0.3) is 5.65 Å². The minimum atomic E-state index is 0.503. The van der Waals surface area contributed by atoms with E-state index in [1.807, 2.05) is 10.6 Å². The number of hydrogen-bond donors (Lipinski definition) is 1. The molecular weight excluding hydrogens is 228 g/mol. The van der Waals surface area contributed by atoms with E-state index >= 15 is 0 Å². The monoisotopic (exact) mass is 244 g/mol. The molecule has 2 unspecified atom stereocenters. The molecule has 0 radical (unpaired) electrons. The van der Waals surface area contributed by atoms with Crippen molar-refractivity contribution >= 4 is 11.5 Å². The summed E-state index contributed by atoms with van der Waals surface area (Å²) in [5.41, 5.74) is 0.814. The van der Waals surface area contributed by atoms with Gasteiger partial charge >= 0.3 is 0 Å². The molecule has 2 aliphatic heterocycles. The molecular formula is C12H16N6. The number of nitrogens with one attached hydrogen (secondary N) is 1. The van der Waals surface area contributed by atoms with Crippen LogP contribution in [0.1, 0.15) is 19.3 Å². The molecule has 4 heterocycles. The van der Waals surface area contributed by atoms with E-state index in [0.29, 0.717) is 12.1 Å². The zero-order chi connectivity index (χ0) is 11.9. The molecule has 0 saturated carbocycles. The average Bonchev–Trinajstić information content (AvgIpc) is 3.06. The van der Waals surface area contributed by atoms with Gasteiger partial charge in [-0.25, -0.2) is 4.98 Å². The maximum absolute atomic E-state index is 4.40. The van der Waals surface area contributed by atoms with Crippen molar-refractivity contribution in [3.8, 4) is 0 Å². The Kier molecular flexibility index (Phi) is 2.23. The van der Waals surface area contributed by atoms with Crippen molar-refractivity contribution < 1.29 is 0 Å². The standard InChI is InChI=1S/C12H16N6/c1-2-10-9(3-6-17(10)5-1)15-11-12-16-14-8-18(12)7-4-13-11/h4,7-10H,1-3,5-6H2,(H,13,15). The molecule has 0 spiro atoms. The number of nitrogens with zero attached hydrogens (tertiary/aromatic N) is 5. The first kappa shape index (κ1) is 10.3. The Labute approximate surface area is 105 Å². The summed E-state index contributed by atoms with van der Waals surface area (Å²) >= 11 is 0. The second kappa shape index (κ2) is 3.91. The van der Waals surface area contributed by atoms with Crippen LogP contribution in [0.2, 0.25) is 0 Å². The molecule has 4 rings (SSSR count). The molecule has 94 valence electrons. The Morgan fingerprint density at radius 2 is 2.28 bits per heavy atom. The van der Waals surface area contributed by atoms with Crippen LogP contribution < -0.4 is 5.32 Å². The normalized spacial score (nSPS) is 27.8. The van der Waals surface area contributed by atoms with Gasteiger partial charge in [-0.2, -0.15) is 0 Å². The fourth-order valence-corrected chi connectivity index (χ4v) is 3.29. The maximum atomic E-state index is 4.40. The highest BCUT2D eigenvalue weighted by Gasteiger charge is 2.37. The summed E-state index contributed by atoms with van der Waals surface area (Å²) in [6.45, 7) is 2.46. The third-order valence-electron chi connectivity index (χ3n) is 4.14. The van der Waals surface area contributed by atoms with E-state index in [1.54, 1.807) is 12.5 Å². The highest BCUT2D eigenvalue weighted by molar-refractivity contribution is 5.62. The third kappa shape index (κ3) is 1.49. The first-order valence-corrected chi connectivity index (χ1v) is 6.57. The van der Waals surface area contributed by atoms with Crippen LogP contribution in [0.4, 0.5) is 5.82 Å². The SMILES string of the molecule is c1cn2cnnc2c(NC2CCN3CCCC23)n1. The minimum Gasteiger partial charge on any atom is -0.363 e. The van der Waals surface area contributed by atoms with Crippen LogP contribution in [0, 0.1) is 0 Å². The van der Waals surface area contributed by atoms with Gasteiger partial charge in [-0.3, -0.25) is 9.30 Å². The molecule has 2 aliphatic rings. The summed E-state index contributed by atoms with van der Waals surface area (Å²) in [5.74, 6) is 0.855. The minimum absolute atomic E-state index is 0.503. The third-order valence-corrected chi connectivity index (χ3v) is 4.14. The molecule has 6 heteroatoms. The van der Waals surface area contributed by atoms with Gasteiger partial charge in [0.1, 0.15) is 6.33 Å². The van der Waals surface area contributed by atoms with Crippen LogP contribution in [0.3, 0.4) is 0 Å². The predicted octanol–water partition coefficient (Wildman–Crippen LogP) is 0.773. The van der Waals surface area contributed by atoms with Crippen LogP contribution in [0.15, 0.2) is 18.7 Å². The Hall–Kier alpha value is -1.69. The van der Waals surface area contributed by atoms with E-state index in [4.69, 9.17) is 0 Å². The first-order chi connectivity index (χ1) is 8.92. The molecule has 6 nitrogen and oxygen atoms in total. The summed E-state index contributed by atoms with van der Waals surface area (Å²) in [5, 5.41) is 11.6. The highest BCUT2D eigenvalue weighted by atomic mass is 15.3. The lowest BCUT2D eigenvalue weighted by molar-refractivity contribution is 0.318. The first-order valence-electron chi connectivity index (χ1n) is 6.57. The molecule has 0 bridgehead atoms. The van der Waals surface area contributed by atoms with Gasteiger partial charge in [-0.1, -0.05) is 0 Å². The molecule has 18 heavy (non-hydrogen) atoms. The van der Waals surface area contributed by atoms with E-state index in [9.17, 15) is 0 Å². The molecule has 2 atom stereocenters. The molecule has 2 aromatic heterocycles. The second-order valence-electron chi connectivity index (χ2n) is 5.12. The van der Waals surface area contributed by atoms with Crippen molar-refractivity contribution in [3.63, 3.8) is 0 Å². The van der Waals surface area contributed by atoms with Crippen molar-refractivity contribution in [2.75, 3.05) is 18.4 Å². The van der Waals surface area contributed by atoms with Crippen LogP contribution in [0.5, 0.6) is 0 Å². The van der Waals surface area contributed by atoms with Gasteiger partial charge in [0.15, 0.2) is 5.82 Å². The van der Waals surface area contributed by atoms with Crippen molar-refractivity contribution in [2.24, 2.45) is 0 Å². The fraction of sp³-hybridized carbons (Fsp3) is 0.583. The van der Waals surface area contributed by atoms with Gasteiger partial charge < -0.3 is 5.32 Å². The molecule has 2 aromatic rings. The Morgan fingerprint density at radius 3 is 3.28 bits per heavy atom. The van der Waals surface area contributed by atoms with E-state index in [0.717, 1.165) is 11.5 Å². The zero-order valence-corrected chi connectivity index (χ0v) is 10.2. The van der Waals surface area contributed by atoms with Gasteiger partial charge in [0, 0.05) is 31.0 Å². The number of aromatic nitrogens is 4. The fourth-order valence-electron chi connectivity index (χ4n) is 3.29. The summed E-state index contributed by atoms with van der Waals surface area (Å²) < 4.78 is 1.90. The highest BCUT2D eigenvalue weighted by Crippen LogP contribution is 2.30. The Bertz CT molecular complexity index is 564. The number of anilines is 1. The summed E-state index contributed by atoms with van der Waals surface area (Å²) in [7, 11) is 0. The number of fused-ring (bicyclic) bond motifs is 2. The van der Waals surface area contributed by atoms with Crippen LogP contribution in [-0.2, 0) is 0 Å². The van der Waals surface area contributed by atoms with Crippen LogP contribution in [-0.4, -0.2) is 49.7 Å². The van der Waals surface area contributed by atoms with E-state index in [-0.39, 0.29) is 0 Å².